The van der Waals surface area contributed by atoms with Crippen LogP contribution in [0.25, 0.3) is 11.4 Å². The van der Waals surface area contributed by atoms with Crippen molar-refractivity contribution in [2.24, 2.45) is 23.7 Å². The Bertz CT molecular complexity index is 1620. The van der Waals surface area contributed by atoms with Gasteiger partial charge in [-0.25, -0.2) is 14.8 Å². The van der Waals surface area contributed by atoms with Gasteiger partial charge in [0.15, 0.2) is 5.82 Å². The van der Waals surface area contributed by atoms with E-state index in [2.05, 4.69) is 15.2 Å². The summed E-state index contributed by atoms with van der Waals surface area (Å²) in [7, 11) is 0. The van der Waals surface area contributed by atoms with E-state index < -0.39 is 18.0 Å². The van der Waals surface area contributed by atoms with Gasteiger partial charge in [0.1, 0.15) is 24.2 Å². The number of benzene rings is 2. The maximum atomic E-state index is 13.8. The molecule has 1 aliphatic carbocycles. The van der Waals surface area contributed by atoms with Gasteiger partial charge in [0.05, 0.1) is 12.5 Å². The summed E-state index contributed by atoms with van der Waals surface area (Å²) in [6.45, 7) is 8.74. The van der Waals surface area contributed by atoms with Crippen molar-refractivity contribution < 1.29 is 28.7 Å². The van der Waals surface area contributed by atoms with E-state index in [9.17, 15) is 19.2 Å². The summed E-state index contributed by atoms with van der Waals surface area (Å²) in [5, 5.41) is 2.95. The molecule has 0 bridgehead atoms. The second kappa shape index (κ2) is 14.4. The van der Waals surface area contributed by atoms with E-state index in [-0.39, 0.29) is 47.8 Å². The monoisotopic (exact) mass is 654 g/mol. The van der Waals surface area contributed by atoms with Gasteiger partial charge in [0.25, 0.3) is 5.91 Å². The van der Waals surface area contributed by atoms with Crippen molar-refractivity contribution in [3.05, 3.63) is 78.0 Å². The van der Waals surface area contributed by atoms with Gasteiger partial charge in [-0.15, -0.1) is 0 Å². The number of fused-ring (bicyclic) bond motifs is 1. The Morgan fingerprint density at radius 1 is 0.854 bits per heavy atom. The molecule has 1 saturated carbocycles. The lowest BCUT2D eigenvalue weighted by Gasteiger charge is -2.36. The van der Waals surface area contributed by atoms with Crippen molar-refractivity contribution in [3.63, 3.8) is 0 Å². The summed E-state index contributed by atoms with van der Waals surface area (Å²) < 4.78 is 10.7. The van der Waals surface area contributed by atoms with Crippen molar-refractivity contribution in [1.29, 1.82) is 0 Å². The molecule has 252 valence electrons. The van der Waals surface area contributed by atoms with E-state index in [1.807, 2.05) is 81.4 Å². The third kappa shape index (κ3) is 7.27. The van der Waals surface area contributed by atoms with Gasteiger partial charge in [0, 0.05) is 50.9 Å². The van der Waals surface area contributed by atoms with E-state index in [1.54, 1.807) is 15.9 Å². The second-order valence-corrected chi connectivity index (χ2v) is 12.9. The summed E-state index contributed by atoms with van der Waals surface area (Å²) in [4.78, 5) is 67.3. The van der Waals surface area contributed by atoms with Crippen LogP contribution < -0.4 is 10.2 Å². The number of nitrogens with one attached hydrogen (secondary N) is 1. The fourth-order valence-corrected chi connectivity index (χ4v) is 6.58. The summed E-state index contributed by atoms with van der Waals surface area (Å²) in [5.74, 6) is 0.298. The Morgan fingerprint density at radius 3 is 2.10 bits per heavy atom. The van der Waals surface area contributed by atoms with Crippen LogP contribution >= 0.6 is 0 Å². The minimum atomic E-state index is -0.794. The molecule has 6 rings (SSSR count). The van der Waals surface area contributed by atoms with Crippen LogP contribution in [0.5, 0.6) is 0 Å². The number of nitrogens with zero attached hydrogens (tertiary/aromatic N) is 5. The van der Waals surface area contributed by atoms with Crippen molar-refractivity contribution in [3.8, 4) is 11.4 Å². The number of aromatic nitrogens is 2. The van der Waals surface area contributed by atoms with E-state index >= 15 is 0 Å². The SMILES string of the molecule is CCOC(=O)C1C2CN(c3cc(C(=O)N[C@H](C(=O)N4CCN(C(=O)OCc5ccccc5)CC4)C(C)C)nc(-c4ccccc4)n3)CC21. The average molecular weight is 655 g/mol. The largest absolute Gasteiger partial charge is 0.466 e. The lowest BCUT2D eigenvalue weighted by atomic mass is 10.0. The summed E-state index contributed by atoms with van der Waals surface area (Å²) in [6.07, 6.45) is -0.417. The molecule has 2 aromatic carbocycles. The number of piperidine rings is 1. The molecule has 1 aromatic heterocycles. The highest BCUT2D eigenvalue weighted by atomic mass is 16.6. The molecule has 0 spiro atoms. The Labute approximate surface area is 280 Å². The van der Waals surface area contributed by atoms with Crippen LogP contribution in [0, 0.1) is 23.7 Å². The normalized spacial score (nSPS) is 20.6. The number of carbonyl (C=O) groups is 4. The lowest BCUT2D eigenvalue weighted by molar-refractivity contribution is -0.145. The third-order valence-corrected chi connectivity index (χ3v) is 9.33. The highest BCUT2D eigenvalue weighted by molar-refractivity contribution is 5.97. The molecule has 3 aromatic rings. The highest BCUT2D eigenvalue weighted by Crippen LogP contribution is 2.53. The van der Waals surface area contributed by atoms with Crippen LogP contribution in [0.2, 0.25) is 0 Å². The molecule has 2 aliphatic heterocycles. The maximum Gasteiger partial charge on any atom is 0.410 e. The fraction of sp³-hybridized carbons (Fsp3) is 0.444. The van der Waals surface area contributed by atoms with Gasteiger partial charge in [0.2, 0.25) is 5.91 Å². The first-order valence-corrected chi connectivity index (χ1v) is 16.6. The number of carbonyl (C=O) groups excluding carboxylic acids is 4. The summed E-state index contributed by atoms with van der Waals surface area (Å²) >= 11 is 0. The smallest absolute Gasteiger partial charge is 0.410 e. The van der Waals surface area contributed by atoms with Gasteiger partial charge < -0.3 is 29.5 Å². The molecular weight excluding hydrogens is 612 g/mol. The maximum absolute atomic E-state index is 13.8. The minimum Gasteiger partial charge on any atom is -0.466 e. The number of hydrogen-bond donors (Lipinski definition) is 1. The Balaban J connectivity index is 1.11. The van der Waals surface area contributed by atoms with Gasteiger partial charge >= 0.3 is 12.1 Å². The first kappa shape index (κ1) is 32.9. The molecule has 2 saturated heterocycles. The molecule has 3 heterocycles. The van der Waals surface area contributed by atoms with Crippen LogP contribution in [0.1, 0.15) is 36.8 Å². The number of ether oxygens (including phenoxy) is 2. The van der Waals surface area contributed by atoms with E-state index in [1.165, 1.54) is 0 Å². The third-order valence-electron chi connectivity index (χ3n) is 9.33. The predicted octanol–water partition coefficient (Wildman–Crippen LogP) is 3.62. The number of hydrogen-bond acceptors (Lipinski definition) is 9. The van der Waals surface area contributed by atoms with Gasteiger partial charge in [-0.05, 0) is 30.2 Å². The molecule has 3 aliphatic rings. The standard InChI is InChI=1S/C36H42N6O6/c1-4-47-35(45)30-26-20-42(21-27(26)30)29-19-28(37-32(38-29)25-13-9-6-10-14-25)33(43)39-31(23(2)3)34(44)40-15-17-41(18-16-40)36(46)48-22-24-11-7-5-8-12-24/h5-14,19,23,26-27,30-31H,4,15-18,20-22H2,1-3H3,(H,39,43)/t26?,27?,30?,31-/m0/s1. The average Bonchev–Trinajstić information content (AvgIpc) is 3.62. The molecule has 1 N–H and O–H groups in total. The zero-order chi connectivity index (χ0) is 33.8. The molecule has 12 heteroatoms. The second-order valence-electron chi connectivity index (χ2n) is 12.9. The summed E-state index contributed by atoms with van der Waals surface area (Å²) in [5.41, 5.74) is 1.83. The van der Waals surface area contributed by atoms with Crippen LogP contribution in [0.15, 0.2) is 66.7 Å². The number of amides is 3. The molecule has 3 amide bonds. The Morgan fingerprint density at radius 2 is 1.48 bits per heavy atom. The van der Waals surface area contributed by atoms with E-state index in [4.69, 9.17) is 14.5 Å². The van der Waals surface area contributed by atoms with E-state index in [0.29, 0.717) is 57.5 Å². The predicted molar refractivity (Wildman–Crippen MR) is 178 cm³/mol. The first-order valence-electron chi connectivity index (χ1n) is 16.6. The van der Waals surface area contributed by atoms with Crippen molar-refractivity contribution in [1.82, 2.24) is 25.1 Å². The summed E-state index contributed by atoms with van der Waals surface area (Å²) in [6, 6.07) is 19.8. The molecule has 48 heavy (non-hydrogen) atoms. The van der Waals surface area contributed by atoms with E-state index in [0.717, 1.165) is 11.1 Å². The number of esters is 1. The number of anilines is 1. The van der Waals surface area contributed by atoms with Crippen molar-refractivity contribution in [2.75, 3.05) is 50.8 Å². The van der Waals surface area contributed by atoms with Gasteiger partial charge in [-0.2, -0.15) is 0 Å². The van der Waals surface area contributed by atoms with Gasteiger partial charge in [-0.3, -0.25) is 14.4 Å². The van der Waals surface area contributed by atoms with Crippen molar-refractivity contribution in [2.45, 2.75) is 33.4 Å². The highest BCUT2D eigenvalue weighted by Gasteiger charge is 2.60. The molecule has 2 unspecified atom stereocenters. The zero-order valence-corrected chi connectivity index (χ0v) is 27.6. The molecule has 3 fully saturated rings. The van der Waals surface area contributed by atoms with Crippen LogP contribution in [-0.2, 0) is 25.7 Å². The molecule has 3 atom stereocenters. The lowest BCUT2D eigenvalue weighted by Crippen LogP contribution is -2.57. The van der Waals surface area contributed by atoms with Crippen LogP contribution in [0.4, 0.5) is 10.6 Å². The fourth-order valence-electron chi connectivity index (χ4n) is 6.58. The topological polar surface area (TPSA) is 134 Å². The van der Waals surface area contributed by atoms with Gasteiger partial charge in [-0.1, -0.05) is 74.5 Å². The van der Waals surface area contributed by atoms with Crippen LogP contribution in [-0.4, -0.2) is 95.6 Å². The minimum absolute atomic E-state index is 0.0842. The van der Waals surface area contributed by atoms with Crippen molar-refractivity contribution >= 4 is 29.7 Å². The Hall–Kier alpha value is -5.00. The molecule has 12 nitrogen and oxygen atoms in total. The van der Waals surface area contributed by atoms with Crippen LogP contribution in [0.3, 0.4) is 0 Å². The Kier molecular flexibility index (Phi) is 9.88. The zero-order valence-electron chi connectivity index (χ0n) is 27.6. The molecule has 0 radical (unpaired) electrons. The quantitative estimate of drug-likeness (QED) is 0.326. The number of rotatable bonds is 10. The number of piperazine rings is 1. The first-order chi connectivity index (χ1) is 23.2. The molecular formula is C36H42N6O6.